The van der Waals surface area contributed by atoms with Crippen LogP contribution in [0.2, 0.25) is 0 Å². The second-order valence-corrected chi connectivity index (χ2v) is 5.42. The van der Waals surface area contributed by atoms with Crippen molar-refractivity contribution in [1.82, 2.24) is 0 Å². The summed E-state index contributed by atoms with van der Waals surface area (Å²) in [5.74, 6) is 1.45. The lowest BCUT2D eigenvalue weighted by Crippen LogP contribution is -2.05. The van der Waals surface area contributed by atoms with E-state index in [0.29, 0.717) is 5.92 Å². The molecular formula is C12H16F3NS. The van der Waals surface area contributed by atoms with Gasteiger partial charge in [-0.3, -0.25) is 0 Å². The van der Waals surface area contributed by atoms with E-state index in [2.05, 4.69) is 13.8 Å². The molecule has 0 amide bonds. The zero-order valence-corrected chi connectivity index (χ0v) is 10.7. The Bertz CT molecular complexity index is 375. The Morgan fingerprint density at radius 2 is 1.94 bits per heavy atom. The van der Waals surface area contributed by atoms with E-state index in [1.54, 1.807) is 0 Å². The number of anilines is 1. The molecule has 1 nitrogen and oxygen atoms in total. The standard InChI is InChI=1S/C12H16F3NS/c1-8(2)5-6-17-11-4-3-9(7-10(11)16)12(13,14)15/h3-4,7-8H,5-6,16H2,1-2H3. The molecule has 5 heteroatoms. The minimum Gasteiger partial charge on any atom is -0.398 e. The third kappa shape index (κ3) is 4.50. The molecule has 1 rings (SSSR count). The lowest BCUT2D eigenvalue weighted by molar-refractivity contribution is -0.137. The Kier molecular flexibility index (Phi) is 4.74. The van der Waals surface area contributed by atoms with Crippen LogP contribution in [0.25, 0.3) is 0 Å². The van der Waals surface area contributed by atoms with Crippen molar-refractivity contribution in [1.29, 1.82) is 0 Å². The van der Waals surface area contributed by atoms with Crippen LogP contribution in [0.4, 0.5) is 18.9 Å². The van der Waals surface area contributed by atoms with Crippen LogP contribution in [0.3, 0.4) is 0 Å². The molecule has 0 unspecified atom stereocenters. The summed E-state index contributed by atoms with van der Waals surface area (Å²) in [4.78, 5) is 0.721. The predicted molar refractivity (Wildman–Crippen MR) is 66.0 cm³/mol. The number of nitrogen functional groups attached to an aromatic ring is 1. The highest BCUT2D eigenvalue weighted by Crippen LogP contribution is 2.34. The molecule has 0 radical (unpaired) electrons. The third-order valence-electron chi connectivity index (χ3n) is 2.29. The topological polar surface area (TPSA) is 26.0 Å². The maximum Gasteiger partial charge on any atom is 0.416 e. The quantitative estimate of drug-likeness (QED) is 0.642. The van der Waals surface area contributed by atoms with Crippen molar-refractivity contribution in [3.63, 3.8) is 0 Å². The first-order valence-corrected chi connectivity index (χ1v) is 6.39. The maximum atomic E-state index is 12.4. The number of halogens is 3. The van der Waals surface area contributed by atoms with E-state index in [1.165, 1.54) is 17.8 Å². The Hall–Kier alpha value is -0.840. The Morgan fingerprint density at radius 3 is 2.41 bits per heavy atom. The van der Waals surface area contributed by atoms with Crippen LogP contribution in [0, 0.1) is 5.92 Å². The highest BCUT2D eigenvalue weighted by Gasteiger charge is 2.30. The van der Waals surface area contributed by atoms with Gasteiger partial charge in [-0.05, 0) is 36.3 Å². The second-order valence-electron chi connectivity index (χ2n) is 4.28. The molecule has 96 valence electrons. The number of hydrogen-bond donors (Lipinski definition) is 1. The zero-order chi connectivity index (χ0) is 13.1. The number of benzene rings is 1. The normalized spacial score (nSPS) is 12.1. The van der Waals surface area contributed by atoms with Gasteiger partial charge in [0, 0.05) is 10.6 Å². The molecule has 17 heavy (non-hydrogen) atoms. The van der Waals surface area contributed by atoms with Crippen molar-refractivity contribution < 1.29 is 13.2 Å². The van der Waals surface area contributed by atoms with Crippen molar-refractivity contribution in [2.75, 3.05) is 11.5 Å². The molecule has 0 aliphatic carbocycles. The van der Waals surface area contributed by atoms with E-state index < -0.39 is 11.7 Å². The van der Waals surface area contributed by atoms with Crippen molar-refractivity contribution in [2.24, 2.45) is 5.92 Å². The van der Waals surface area contributed by atoms with Crippen LogP contribution >= 0.6 is 11.8 Å². The molecule has 0 atom stereocenters. The fourth-order valence-electron chi connectivity index (χ4n) is 1.26. The number of alkyl halides is 3. The first kappa shape index (κ1) is 14.2. The molecule has 1 aromatic carbocycles. The van der Waals surface area contributed by atoms with Crippen LogP contribution in [0.5, 0.6) is 0 Å². The fraction of sp³-hybridized carbons (Fsp3) is 0.500. The maximum absolute atomic E-state index is 12.4. The second kappa shape index (κ2) is 5.67. The number of rotatable bonds is 4. The third-order valence-corrected chi connectivity index (χ3v) is 3.41. The van der Waals surface area contributed by atoms with Crippen LogP contribution in [0.15, 0.2) is 23.1 Å². The zero-order valence-electron chi connectivity index (χ0n) is 9.84. The van der Waals surface area contributed by atoms with Gasteiger partial charge in [-0.2, -0.15) is 13.2 Å². The smallest absolute Gasteiger partial charge is 0.398 e. The molecule has 1 aromatic rings. The average molecular weight is 263 g/mol. The summed E-state index contributed by atoms with van der Waals surface area (Å²) in [5, 5.41) is 0. The number of nitrogens with two attached hydrogens (primary N) is 1. The molecule has 0 spiro atoms. The molecule has 2 N–H and O–H groups in total. The van der Waals surface area contributed by atoms with E-state index in [1.807, 2.05) is 0 Å². The van der Waals surface area contributed by atoms with Gasteiger partial charge in [0.25, 0.3) is 0 Å². The molecule has 0 heterocycles. The van der Waals surface area contributed by atoms with Gasteiger partial charge >= 0.3 is 6.18 Å². The summed E-state index contributed by atoms with van der Waals surface area (Å²) in [6, 6.07) is 3.52. The van der Waals surface area contributed by atoms with Crippen LogP contribution in [-0.4, -0.2) is 5.75 Å². The lowest BCUT2D eigenvalue weighted by Gasteiger charge is -2.11. The largest absolute Gasteiger partial charge is 0.416 e. The summed E-state index contributed by atoms with van der Waals surface area (Å²) < 4.78 is 37.2. The van der Waals surface area contributed by atoms with Crippen molar-refractivity contribution in [3.8, 4) is 0 Å². The summed E-state index contributed by atoms with van der Waals surface area (Å²) in [6.07, 6.45) is -3.31. The van der Waals surface area contributed by atoms with Gasteiger partial charge in [0.05, 0.1) is 5.56 Å². The number of thioether (sulfide) groups is 1. The Labute approximate surface area is 104 Å². The van der Waals surface area contributed by atoms with Gasteiger partial charge in [-0.15, -0.1) is 11.8 Å². The van der Waals surface area contributed by atoms with E-state index >= 15 is 0 Å². The molecule has 0 saturated carbocycles. The Balaban J connectivity index is 2.70. The predicted octanol–water partition coefficient (Wildman–Crippen LogP) is 4.43. The van der Waals surface area contributed by atoms with Crippen molar-refractivity contribution in [3.05, 3.63) is 23.8 Å². The van der Waals surface area contributed by atoms with Crippen LogP contribution in [0.1, 0.15) is 25.8 Å². The highest BCUT2D eigenvalue weighted by molar-refractivity contribution is 7.99. The summed E-state index contributed by atoms with van der Waals surface area (Å²) in [7, 11) is 0. The van der Waals surface area contributed by atoms with Gasteiger partial charge in [0.15, 0.2) is 0 Å². The minimum atomic E-state index is -4.32. The van der Waals surface area contributed by atoms with Gasteiger partial charge in [-0.25, -0.2) is 0 Å². The molecule has 0 aliphatic rings. The minimum absolute atomic E-state index is 0.202. The van der Waals surface area contributed by atoms with Crippen LogP contribution < -0.4 is 5.73 Å². The molecule has 0 bridgehead atoms. The van der Waals surface area contributed by atoms with Gasteiger partial charge in [-0.1, -0.05) is 13.8 Å². The Morgan fingerprint density at radius 1 is 1.29 bits per heavy atom. The molecular weight excluding hydrogens is 247 g/mol. The lowest BCUT2D eigenvalue weighted by atomic mass is 10.2. The van der Waals surface area contributed by atoms with Gasteiger partial charge in [0.2, 0.25) is 0 Å². The summed E-state index contributed by atoms with van der Waals surface area (Å²) >= 11 is 1.50. The first-order chi connectivity index (χ1) is 7.80. The van der Waals surface area contributed by atoms with E-state index in [0.717, 1.165) is 29.2 Å². The van der Waals surface area contributed by atoms with Crippen molar-refractivity contribution in [2.45, 2.75) is 31.3 Å². The summed E-state index contributed by atoms with van der Waals surface area (Å²) in [6.45, 7) is 4.22. The monoisotopic (exact) mass is 263 g/mol. The SMILES string of the molecule is CC(C)CCSc1ccc(C(F)(F)F)cc1N. The van der Waals surface area contributed by atoms with E-state index in [9.17, 15) is 13.2 Å². The highest BCUT2D eigenvalue weighted by atomic mass is 32.2. The van der Waals surface area contributed by atoms with Gasteiger partial charge in [0.1, 0.15) is 0 Å². The molecule has 0 saturated heterocycles. The number of hydrogen-bond acceptors (Lipinski definition) is 2. The molecule has 0 aliphatic heterocycles. The van der Waals surface area contributed by atoms with Crippen molar-refractivity contribution >= 4 is 17.4 Å². The van der Waals surface area contributed by atoms with E-state index in [4.69, 9.17) is 5.73 Å². The molecule has 0 fully saturated rings. The van der Waals surface area contributed by atoms with E-state index in [-0.39, 0.29) is 5.69 Å². The average Bonchev–Trinajstić information content (AvgIpc) is 2.18. The van der Waals surface area contributed by atoms with Crippen LogP contribution in [-0.2, 0) is 6.18 Å². The molecule has 0 aromatic heterocycles. The summed E-state index contributed by atoms with van der Waals surface area (Å²) in [5.41, 5.74) is 5.13. The first-order valence-electron chi connectivity index (χ1n) is 5.40. The fourth-order valence-corrected chi connectivity index (χ4v) is 2.46. The van der Waals surface area contributed by atoms with Gasteiger partial charge < -0.3 is 5.73 Å².